The maximum atomic E-state index is 12.1. The van der Waals surface area contributed by atoms with Gasteiger partial charge in [0.25, 0.3) is 0 Å². The first-order valence-corrected chi connectivity index (χ1v) is 7.06. The van der Waals surface area contributed by atoms with E-state index in [0.717, 1.165) is 11.3 Å². The van der Waals surface area contributed by atoms with Gasteiger partial charge in [0.1, 0.15) is 0 Å². The molecule has 1 amide bonds. The summed E-state index contributed by atoms with van der Waals surface area (Å²) < 4.78 is 0. The van der Waals surface area contributed by atoms with Gasteiger partial charge in [-0.15, -0.1) is 5.10 Å². The van der Waals surface area contributed by atoms with E-state index in [4.69, 9.17) is 5.73 Å². The quantitative estimate of drug-likeness (QED) is 0.750. The Hall–Kier alpha value is -2.02. The molecule has 7 heteroatoms. The number of aromatic amines is 1. The van der Waals surface area contributed by atoms with Crippen LogP contribution >= 0.6 is 11.8 Å². The summed E-state index contributed by atoms with van der Waals surface area (Å²) in [6.07, 6.45) is 0. The lowest BCUT2D eigenvalue weighted by molar-refractivity contribution is -0.115. The van der Waals surface area contributed by atoms with Crippen LogP contribution in [0.15, 0.2) is 23.4 Å². The van der Waals surface area contributed by atoms with E-state index in [0.29, 0.717) is 5.16 Å². The van der Waals surface area contributed by atoms with Crippen LogP contribution in [0.25, 0.3) is 0 Å². The molecule has 2 rings (SSSR count). The number of nitrogens with zero attached hydrogens (tertiary/aromatic N) is 2. The van der Waals surface area contributed by atoms with E-state index < -0.39 is 0 Å². The van der Waals surface area contributed by atoms with Crippen LogP contribution in [0.5, 0.6) is 0 Å². The van der Waals surface area contributed by atoms with Crippen molar-refractivity contribution in [2.45, 2.75) is 31.2 Å². The van der Waals surface area contributed by atoms with Crippen LogP contribution < -0.4 is 11.1 Å². The van der Waals surface area contributed by atoms with E-state index in [-0.39, 0.29) is 17.1 Å². The lowest BCUT2D eigenvalue weighted by atomic mass is 10.1. The van der Waals surface area contributed by atoms with Crippen LogP contribution in [-0.2, 0) is 4.79 Å². The Morgan fingerprint density at radius 3 is 2.80 bits per heavy atom. The molecule has 1 atom stereocenters. The van der Waals surface area contributed by atoms with E-state index in [1.807, 2.05) is 32.0 Å². The molecule has 0 aliphatic heterocycles. The number of carbonyl (C=O) groups excluding carboxylic acids is 1. The third-order valence-corrected chi connectivity index (χ3v) is 3.73. The highest BCUT2D eigenvalue weighted by molar-refractivity contribution is 8.00. The number of hydrogen-bond acceptors (Lipinski definition) is 5. The lowest BCUT2D eigenvalue weighted by Crippen LogP contribution is -2.23. The molecular weight excluding hydrogens is 274 g/mol. The standard InChI is InChI=1S/C13H17N5OS/c1-7-4-5-10(8(2)6-7)15-11(19)9(3)20-13-16-12(14)17-18-13/h4-6,9H,1-3H3,(H,15,19)(H3,14,16,17,18)/t9-/m1/s1. The van der Waals surface area contributed by atoms with E-state index >= 15 is 0 Å². The van der Waals surface area contributed by atoms with Crippen molar-refractivity contribution >= 4 is 29.3 Å². The first-order valence-electron chi connectivity index (χ1n) is 6.18. The van der Waals surface area contributed by atoms with E-state index in [1.54, 1.807) is 6.92 Å². The van der Waals surface area contributed by atoms with Crippen molar-refractivity contribution in [1.29, 1.82) is 0 Å². The second kappa shape index (κ2) is 5.96. The average Bonchev–Trinajstić information content (AvgIpc) is 2.78. The number of anilines is 2. The first-order chi connectivity index (χ1) is 9.45. The smallest absolute Gasteiger partial charge is 0.237 e. The molecule has 1 aromatic heterocycles. The minimum atomic E-state index is -0.314. The van der Waals surface area contributed by atoms with Gasteiger partial charge in [-0.3, -0.25) is 4.79 Å². The van der Waals surface area contributed by atoms with Crippen molar-refractivity contribution in [3.05, 3.63) is 29.3 Å². The summed E-state index contributed by atoms with van der Waals surface area (Å²) in [5.74, 6) is 0.153. The predicted molar refractivity (Wildman–Crippen MR) is 80.7 cm³/mol. The number of thioether (sulfide) groups is 1. The topological polar surface area (TPSA) is 96.7 Å². The number of rotatable bonds is 4. The van der Waals surface area contributed by atoms with Gasteiger partial charge in [0, 0.05) is 5.69 Å². The average molecular weight is 291 g/mol. The van der Waals surface area contributed by atoms with E-state index in [9.17, 15) is 4.79 Å². The van der Waals surface area contributed by atoms with Crippen molar-refractivity contribution in [3.63, 3.8) is 0 Å². The molecule has 4 N–H and O–H groups in total. The fourth-order valence-corrected chi connectivity index (χ4v) is 2.44. The van der Waals surface area contributed by atoms with Crippen molar-refractivity contribution in [1.82, 2.24) is 15.2 Å². The van der Waals surface area contributed by atoms with Crippen LogP contribution in [0.1, 0.15) is 18.1 Å². The lowest BCUT2D eigenvalue weighted by Gasteiger charge is -2.12. The Kier molecular flexibility index (Phi) is 4.29. The second-order valence-electron chi connectivity index (χ2n) is 4.57. The van der Waals surface area contributed by atoms with Gasteiger partial charge >= 0.3 is 0 Å². The third kappa shape index (κ3) is 3.51. The van der Waals surface area contributed by atoms with Gasteiger partial charge in [-0.1, -0.05) is 29.5 Å². The Bertz CT molecular complexity index is 625. The summed E-state index contributed by atoms with van der Waals surface area (Å²) in [6.45, 7) is 5.79. The number of nitrogens with two attached hydrogens (primary N) is 1. The number of H-pyrrole nitrogens is 1. The van der Waals surface area contributed by atoms with E-state index in [1.165, 1.54) is 17.3 Å². The molecule has 106 valence electrons. The van der Waals surface area contributed by atoms with Gasteiger partial charge in [-0.05, 0) is 32.4 Å². The SMILES string of the molecule is Cc1ccc(NC(=O)[C@@H](C)Sc2n[nH]c(N)n2)c(C)c1. The van der Waals surface area contributed by atoms with Gasteiger partial charge in [0.15, 0.2) is 0 Å². The molecule has 0 aliphatic rings. The van der Waals surface area contributed by atoms with Crippen molar-refractivity contribution in [2.24, 2.45) is 0 Å². The molecule has 0 bridgehead atoms. The molecule has 0 fully saturated rings. The summed E-state index contributed by atoms with van der Waals surface area (Å²) in [5.41, 5.74) is 8.47. The third-order valence-electron chi connectivity index (χ3n) is 2.77. The molecular formula is C13H17N5OS. The van der Waals surface area contributed by atoms with Gasteiger partial charge < -0.3 is 11.1 Å². The second-order valence-corrected chi connectivity index (χ2v) is 5.88. The van der Waals surface area contributed by atoms with Gasteiger partial charge in [0.2, 0.25) is 17.0 Å². The van der Waals surface area contributed by atoms with Crippen LogP contribution in [-0.4, -0.2) is 26.3 Å². The molecule has 2 aromatic rings. The van der Waals surface area contributed by atoms with Crippen LogP contribution in [0.4, 0.5) is 11.6 Å². The fourth-order valence-electron chi connectivity index (χ4n) is 1.71. The highest BCUT2D eigenvalue weighted by Crippen LogP contribution is 2.22. The molecule has 6 nitrogen and oxygen atoms in total. The minimum Gasteiger partial charge on any atom is -0.368 e. The maximum Gasteiger partial charge on any atom is 0.237 e. The molecule has 0 saturated heterocycles. The Balaban J connectivity index is 2.00. The van der Waals surface area contributed by atoms with E-state index in [2.05, 4.69) is 20.5 Å². The zero-order chi connectivity index (χ0) is 14.7. The number of carbonyl (C=O) groups is 1. The van der Waals surface area contributed by atoms with Crippen molar-refractivity contribution in [3.8, 4) is 0 Å². The van der Waals surface area contributed by atoms with Crippen LogP contribution in [0.3, 0.4) is 0 Å². The number of amides is 1. The molecule has 1 aromatic carbocycles. The molecule has 0 unspecified atom stereocenters. The zero-order valence-electron chi connectivity index (χ0n) is 11.6. The van der Waals surface area contributed by atoms with Gasteiger partial charge in [-0.25, -0.2) is 5.10 Å². The van der Waals surface area contributed by atoms with Crippen LogP contribution in [0, 0.1) is 13.8 Å². The Labute approximate surface area is 121 Å². The van der Waals surface area contributed by atoms with Crippen LogP contribution in [0.2, 0.25) is 0 Å². The number of aryl methyl sites for hydroxylation is 2. The molecule has 0 spiro atoms. The number of benzene rings is 1. The largest absolute Gasteiger partial charge is 0.368 e. The highest BCUT2D eigenvalue weighted by Gasteiger charge is 2.17. The number of nitrogen functional groups attached to an aromatic ring is 1. The molecule has 0 saturated carbocycles. The van der Waals surface area contributed by atoms with Gasteiger partial charge in [-0.2, -0.15) is 4.98 Å². The summed E-state index contributed by atoms with van der Waals surface area (Å²) >= 11 is 1.26. The van der Waals surface area contributed by atoms with Crippen molar-refractivity contribution in [2.75, 3.05) is 11.1 Å². The minimum absolute atomic E-state index is 0.0923. The molecule has 0 aliphatic carbocycles. The highest BCUT2D eigenvalue weighted by atomic mass is 32.2. The number of nitrogens with one attached hydrogen (secondary N) is 2. The Morgan fingerprint density at radius 1 is 1.45 bits per heavy atom. The number of hydrogen-bond donors (Lipinski definition) is 3. The molecule has 20 heavy (non-hydrogen) atoms. The van der Waals surface area contributed by atoms with Gasteiger partial charge in [0.05, 0.1) is 5.25 Å². The fraction of sp³-hybridized carbons (Fsp3) is 0.308. The molecule has 1 heterocycles. The first kappa shape index (κ1) is 14.4. The summed E-state index contributed by atoms with van der Waals surface area (Å²) in [7, 11) is 0. The predicted octanol–water partition coefficient (Wildman–Crippen LogP) is 2.12. The monoisotopic (exact) mass is 291 g/mol. The summed E-state index contributed by atoms with van der Waals surface area (Å²) in [5, 5.41) is 9.50. The van der Waals surface area contributed by atoms with Crippen molar-refractivity contribution < 1.29 is 4.79 Å². The number of aromatic nitrogens is 3. The normalized spacial score (nSPS) is 12.2. The Morgan fingerprint density at radius 2 is 2.20 bits per heavy atom. The molecule has 0 radical (unpaired) electrons. The zero-order valence-corrected chi connectivity index (χ0v) is 12.4. The summed E-state index contributed by atoms with van der Waals surface area (Å²) in [6, 6.07) is 5.91. The summed E-state index contributed by atoms with van der Waals surface area (Å²) in [4.78, 5) is 16.1. The maximum absolute atomic E-state index is 12.1.